The summed E-state index contributed by atoms with van der Waals surface area (Å²) in [6.07, 6.45) is 0.174. The minimum Gasteiger partial charge on any atom is -0.493 e. The van der Waals surface area contributed by atoms with Gasteiger partial charge in [-0.3, -0.25) is 13.9 Å². The molecular formula is C34H36FN3O6S. The summed E-state index contributed by atoms with van der Waals surface area (Å²) in [6, 6.07) is 26.3. The number of methoxy groups -OCH3 is 2. The van der Waals surface area contributed by atoms with Gasteiger partial charge in [-0.25, -0.2) is 12.8 Å². The molecular weight excluding hydrogens is 597 g/mol. The highest BCUT2D eigenvalue weighted by molar-refractivity contribution is 7.92. The van der Waals surface area contributed by atoms with Gasteiger partial charge in [-0.2, -0.15) is 0 Å². The first-order chi connectivity index (χ1) is 21.7. The van der Waals surface area contributed by atoms with E-state index in [-0.39, 0.29) is 29.3 Å². The Bertz CT molecular complexity index is 1690. The summed E-state index contributed by atoms with van der Waals surface area (Å²) in [4.78, 5) is 29.1. The summed E-state index contributed by atoms with van der Waals surface area (Å²) in [5.41, 5.74) is 1.63. The van der Waals surface area contributed by atoms with Crippen molar-refractivity contribution in [2.45, 2.75) is 30.8 Å². The highest BCUT2D eigenvalue weighted by Gasteiger charge is 2.34. The number of rotatable bonds is 14. The van der Waals surface area contributed by atoms with Gasteiger partial charge >= 0.3 is 0 Å². The smallest absolute Gasteiger partial charge is 0.264 e. The first-order valence-corrected chi connectivity index (χ1v) is 15.8. The Morgan fingerprint density at radius 3 is 2.04 bits per heavy atom. The third kappa shape index (κ3) is 8.18. The van der Waals surface area contributed by atoms with Crippen molar-refractivity contribution in [2.24, 2.45) is 0 Å². The Morgan fingerprint density at radius 2 is 1.44 bits per heavy atom. The quantitative estimate of drug-likeness (QED) is 0.214. The van der Waals surface area contributed by atoms with Crippen molar-refractivity contribution < 1.29 is 31.9 Å². The molecule has 0 unspecified atom stereocenters. The van der Waals surface area contributed by atoms with Crippen molar-refractivity contribution in [1.82, 2.24) is 10.2 Å². The van der Waals surface area contributed by atoms with E-state index in [4.69, 9.17) is 9.47 Å². The molecule has 4 rings (SSSR count). The van der Waals surface area contributed by atoms with Crippen LogP contribution in [0, 0.1) is 5.82 Å². The lowest BCUT2D eigenvalue weighted by Crippen LogP contribution is -2.53. The first kappa shape index (κ1) is 33.0. The SMILES string of the molecule is CCNC(=O)[C@@H](Cc1ccccc1)N(Cc1ccc(F)cc1)C(=O)CN(c1ccccc1)S(=O)(=O)c1ccc(OC)c(OC)c1. The fourth-order valence-corrected chi connectivity index (χ4v) is 6.29. The average Bonchev–Trinajstić information content (AvgIpc) is 3.06. The zero-order chi connectivity index (χ0) is 32.4. The third-order valence-electron chi connectivity index (χ3n) is 7.15. The topological polar surface area (TPSA) is 105 Å². The van der Waals surface area contributed by atoms with Crippen LogP contribution in [0.2, 0.25) is 0 Å². The zero-order valence-corrected chi connectivity index (χ0v) is 26.2. The van der Waals surface area contributed by atoms with Crippen LogP contribution in [0.4, 0.5) is 10.1 Å². The fraction of sp³-hybridized carbons (Fsp3) is 0.235. The number of benzene rings is 4. The van der Waals surface area contributed by atoms with Crippen LogP contribution in [-0.2, 0) is 32.6 Å². The summed E-state index contributed by atoms with van der Waals surface area (Å²) in [6.45, 7) is 1.42. The number of amides is 2. The van der Waals surface area contributed by atoms with Crippen molar-refractivity contribution in [3.05, 3.63) is 120 Å². The van der Waals surface area contributed by atoms with Gasteiger partial charge in [0.25, 0.3) is 10.0 Å². The minimum absolute atomic E-state index is 0.0627. The maximum absolute atomic E-state index is 14.4. The van der Waals surface area contributed by atoms with E-state index >= 15 is 0 Å². The van der Waals surface area contributed by atoms with Crippen LogP contribution in [0.3, 0.4) is 0 Å². The second-order valence-corrected chi connectivity index (χ2v) is 12.0. The Balaban J connectivity index is 1.79. The molecule has 0 bridgehead atoms. The molecule has 0 saturated carbocycles. The van der Waals surface area contributed by atoms with Crippen LogP contribution in [0.5, 0.6) is 11.5 Å². The number of sulfonamides is 1. The molecule has 236 valence electrons. The standard InChI is InChI=1S/C34H36FN3O6S/c1-4-36-34(40)30(21-25-11-7-5-8-12-25)37(23-26-15-17-27(35)18-16-26)33(39)24-38(28-13-9-6-10-14-28)45(41,42)29-19-20-31(43-2)32(22-29)44-3/h5-20,22,30H,4,21,23-24H2,1-3H3,(H,36,40)/t30-/m1/s1. The van der Waals surface area contributed by atoms with E-state index in [0.29, 0.717) is 17.9 Å². The molecule has 4 aromatic carbocycles. The van der Waals surface area contributed by atoms with Crippen LogP contribution in [-0.4, -0.2) is 58.5 Å². The first-order valence-electron chi connectivity index (χ1n) is 14.3. The van der Waals surface area contributed by atoms with Gasteiger partial charge in [-0.15, -0.1) is 0 Å². The molecule has 1 atom stereocenters. The Hall–Kier alpha value is -4.90. The molecule has 11 heteroatoms. The van der Waals surface area contributed by atoms with E-state index in [2.05, 4.69) is 5.32 Å². The highest BCUT2D eigenvalue weighted by atomic mass is 32.2. The van der Waals surface area contributed by atoms with E-state index in [0.717, 1.165) is 9.87 Å². The van der Waals surface area contributed by atoms with Crippen LogP contribution >= 0.6 is 0 Å². The second-order valence-electron chi connectivity index (χ2n) is 10.1. The lowest BCUT2D eigenvalue weighted by atomic mass is 10.0. The summed E-state index contributed by atoms with van der Waals surface area (Å²) >= 11 is 0. The number of likely N-dealkylation sites (N-methyl/N-ethyl adjacent to an activating group) is 1. The number of ether oxygens (including phenoxy) is 2. The second kappa shape index (κ2) is 15.2. The maximum atomic E-state index is 14.4. The van der Waals surface area contributed by atoms with Crippen molar-refractivity contribution in [3.63, 3.8) is 0 Å². The molecule has 4 aromatic rings. The number of para-hydroxylation sites is 1. The van der Waals surface area contributed by atoms with Gasteiger partial charge in [0.2, 0.25) is 11.8 Å². The minimum atomic E-state index is -4.33. The predicted molar refractivity (Wildman–Crippen MR) is 170 cm³/mol. The monoisotopic (exact) mass is 633 g/mol. The molecule has 0 aliphatic carbocycles. The summed E-state index contributed by atoms with van der Waals surface area (Å²) in [5.74, 6) is -0.923. The van der Waals surface area contributed by atoms with Crippen molar-refractivity contribution >= 4 is 27.5 Å². The lowest BCUT2D eigenvalue weighted by molar-refractivity contribution is -0.140. The largest absolute Gasteiger partial charge is 0.493 e. The number of carbonyl (C=O) groups is 2. The number of nitrogens with one attached hydrogen (secondary N) is 1. The van der Waals surface area contributed by atoms with Gasteiger partial charge in [0.1, 0.15) is 18.4 Å². The molecule has 9 nitrogen and oxygen atoms in total. The Labute approximate surface area is 263 Å². The van der Waals surface area contributed by atoms with E-state index < -0.39 is 40.2 Å². The van der Waals surface area contributed by atoms with Gasteiger partial charge in [-0.05, 0) is 54.4 Å². The number of anilines is 1. The molecule has 0 saturated heterocycles. The molecule has 0 aliphatic rings. The predicted octanol–water partition coefficient (Wildman–Crippen LogP) is 4.81. The van der Waals surface area contributed by atoms with Crippen molar-refractivity contribution in [1.29, 1.82) is 0 Å². The number of carbonyl (C=O) groups excluding carboxylic acids is 2. The molecule has 0 heterocycles. The van der Waals surface area contributed by atoms with E-state index in [9.17, 15) is 22.4 Å². The van der Waals surface area contributed by atoms with Gasteiger partial charge in [0.05, 0.1) is 24.8 Å². The molecule has 0 aliphatic heterocycles. The molecule has 0 fully saturated rings. The molecule has 0 aromatic heterocycles. The number of halogens is 1. The number of hydrogen-bond acceptors (Lipinski definition) is 6. The van der Waals surface area contributed by atoms with Crippen LogP contribution < -0.4 is 19.1 Å². The molecule has 1 N–H and O–H groups in total. The maximum Gasteiger partial charge on any atom is 0.264 e. The molecule has 45 heavy (non-hydrogen) atoms. The van der Waals surface area contributed by atoms with Crippen molar-refractivity contribution in [3.8, 4) is 11.5 Å². The molecule has 2 amide bonds. The van der Waals surface area contributed by atoms with Gasteiger partial charge in [0.15, 0.2) is 11.5 Å². The Kier molecular flexibility index (Phi) is 11.2. The lowest BCUT2D eigenvalue weighted by Gasteiger charge is -2.33. The molecule has 0 spiro atoms. The van der Waals surface area contributed by atoms with Crippen LogP contribution in [0.15, 0.2) is 108 Å². The average molecular weight is 634 g/mol. The fourth-order valence-electron chi connectivity index (χ4n) is 4.86. The van der Waals surface area contributed by atoms with Gasteiger partial charge < -0.3 is 19.7 Å². The number of nitrogens with zero attached hydrogens (tertiary/aromatic N) is 2. The van der Waals surface area contributed by atoms with E-state index in [1.165, 1.54) is 61.6 Å². The number of hydrogen-bond donors (Lipinski definition) is 1. The van der Waals surface area contributed by atoms with E-state index in [1.807, 2.05) is 30.3 Å². The highest BCUT2D eigenvalue weighted by Crippen LogP contribution is 2.32. The Morgan fingerprint density at radius 1 is 0.822 bits per heavy atom. The van der Waals surface area contributed by atoms with Gasteiger partial charge in [-0.1, -0.05) is 60.7 Å². The normalized spacial score (nSPS) is 11.7. The zero-order valence-electron chi connectivity index (χ0n) is 25.4. The third-order valence-corrected chi connectivity index (χ3v) is 8.92. The van der Waals surface area contributed by atoms with E-state index in [1.54, 1.807) is 37.3 Å². The van der Waals surface area contributed by atoms with Crippen LogP contribution in [0.1, 0.15) is 18.1 Å². The summed E-state index contributed by atoms with van der Waals surface area (Å²) < 4.78 is 53.8. The summed E-state index contributed by atoms with van der Waals surface area (Å²) in [5, 5.41) is 2.81. The van der Waals surface area contributed by atoms with Gasteiger partial charge in [0, 0.05) is 25.6 Å². The van der Waals surface area contributed by atoms with Crippen LogP contribution in [0.25, 0.3) is 0 Å². The van der Waals surface area contributed by atoms with Crippen molar-refractivity contribution in [2.75, 3.05) is 31.6 Å². The summed E-state index contributed by atoms with van der Waals surface area (Å²) in [7, 11) is -1.49. The molecule has 0 radical (unpaired) electrons.